The highest BCUT2D eigenvalue weighted by Gasteiger charge is 2.33. The summed E-state index contributed by atoms with van der Waals surface area (Å²) in [6.45, 7) is 1.94. The quantitative estimate of drug-likeness (QED) is 0.282. The largest absolute Gasteiger partial charge is 0.418 e. The number of aromatic nitrogens is 2. The van der Waals surface area contributed by atoms with Crippen molar-refractivity contribution in [2.24, 2.45) is 0 Å². The lowest BCUT2D eigenvalue weighted by Crippen LogP contribution is -2.18. The van der Waals surface area contributed by atoms with E-state index in [9.17, 15) is 18.0 Å². The first-order valence-corrected chi connectivity index (χ1v) is 10.7. The number of nitrogens with one attached hydrogen (secondary N) is 1. The first kappa shape index (κ1) is 21.8. The van der Waals surface area contributed by atoms with Gasteiger partial charge in [0.15, 0.2) is 5.82 Å². The maximum atomic E-state index is 13.2. The molecule has 0 aliphatic heterocycles. The predicted molar refractivity (Wildman–Crippen MR) is 121 cm³/mol. The van der Waals surface area contributed by atoms with Crippen molar-refractivity contribution in [1.82, 2.24) is 9.97 Å². The van der Waals surface area contributed by atoms with Crippen LogP contribution in [0, 0.1) is 6.92 Å². The van der Waals surface area contributed by atoms with Gasteiger partial charge in [-0.3, -0.25) is 4.79 Å². The molecule has 0 saturated heterocycles. The van der Waals surface area contributed by atoms with Crippen LogP contribution in [-0.2, 0) is 11.0 Å². The van der Waals surface area contributed by atoms with E-state index in [1.807, 2.05) is 55.5 Å². The van der Waals surface area contributed by atoms with Gasteiger partial charge in [-0.05, 0) is 31.2 Å². The van der Waals surface area contributed by atoms with Crippen LogP contribution in [0.5, 0.6) is 0 Å². The molecule has 0 radical (unpaired) electrons. The zero-order chi connectivity index (χ0) is 22.7. The molecule has 1 amide bonds. The third-order valence-corrected chi connectivity index (χ3v) is 5.69. The Morgan fingerprint density at radius 2 is 1.69 bits per heavy atom. The summed E-state index contributed by atoms with van der Waals surface area (Å²) in [5.41, 5.74) is 1.43. The van der Waals surface area contributed by atoms with E-state index >= 15 is 0 Å². The monoisotopic (exact) mass is 453 g/mol. The molecule has 32 heavy (non-hydrogen) atoms. The number of para-hydroxylation sites is 1. The van der Waals surface area contributed by atoms with Crippen molar-refractivity contribution in [1.29, 1.82) is 0 Å². The molecule has 0 aliphatic carbocycles. The summed E-state index contributed by atoms with van der Waals surface area (Å²) < 4.78 is 39.6. The Morgan fingerprint density at radius 3 is 2.44 bits per heavy atom. The van der Waals surface area contributed by atoms with Crippen LogP contribution < -0.4 is 5.32 Å². The van der Waals surface area contributed by atoms with Gasteiger partial charge < -0.3 is 5.32 Å². The van der Waals surface area contributed by atoms with Crippen molar-refractivity contribution in [3.8, 4) is 11.4 Å². The summed E-state index contributed by atoms with van der Waals surface area (Å²) in [7, 11) is 0. The van der Waals surface area contributed by atoms with Crippen molar-refractivity contribution in [3.63, 3.8) is 0 Å². The Balaban J connectivity index is 1.60. The topological polar surface area (TPSA) is 54.9 Å². The molecule has 1 N–H and O–H groups in total. The number of thioether (sulfide) groups is 1. The number of carbonyl (C=O) groups excluding carboxylic acids is 1. The van der Waals surface area contributed by atoms with Crippen LogP contribution in [0.3, 0.4) is 0 Å². The number of carbonyl (C=O) groups is 1. The molecule has 4 nitrogen and oxygen atoms in total. The number of anilines is 1. The Morgan fingerprint density at radius 1 is 0.969 bits per heavy atom. The number of rotatable bonds is 5. The van der Waals surface area contributed by atoms with Gasteiger partial charge in [0, 0.05) is 10.9 Å². The van der Waals surface area contributed by atoms with Crippen LogP contribution in [0.4, 0.5) is 18.9 Å². The highest BCUT2D eigenvalue weighted by atomic mass is 32.2. The molecule has 0 unspecified atom stereocenters. The summed E-state index contributed by atoms with van der Waals surface area (Å²) in [5.74, 6) is -0.125. The van der Waals surface area contributed by atoms with E-state index in [-0.39, 0.29) is 11.4 Å². The summed E-state index contributed by atoms with van der Waals surface area (Å²) in [5, 5.41) is 3.75. The van der Waals surface area contributed by atoms with Crippen molar-refractivity contribution in [2.75, 3.05) is 11.1 Å². The summed E-state index contributed by atoms with van der Waals surface area (Å²) in [4.78, 5) is 21.8. The average Bonchev–Trinajstić information content (AvgIpc) is 2.77. The minimum absolute atomic E-state index is 0.0967. The Hall–Kier alpha value is -3.39. The molecule has 4 rings (SSSR count). The van der Waals surface area contributed by atoms with Crippen LogP contribution in [0.1, 0.15) is 11.1 Å². The first-order valence-electron chi connectivity index (χ1n) is 9.74. The number of nitrogens with zero attached hydrogens (tertiary/aromatic N) is 2. The predicted octanol–water partition coefficient (Wildman–Crippen LogP) is 6.35. The van der Waals surface area contributed by atoms with Gasteiger partial charge in [0.25, 0.3) is 0 Å². The second-order valence-electron chi connectivity index (χ2n) is 7.12. The maximum Gasteiger partial charge on any atom is 0.418 e. The van der Waals surface area contributed by atoms with Crippen molar-refractivity contribution in [2.45, 2.75) is 18.1 Å². The number of alkyl halides is 3. The minimum atomic E-state index is -4.55. The lowest BCUT2D eigenvalue weighted by atomic mass is 10.1. The fraction of sp³-hybridized carbons (Fsp3) is 0.125. The normalized spacial score (nSPS) is 11.5. The molecular weight excluding hydrogens is 435 g/mol. The minimum Gasteiger partial charge on any atom is -0.325 e. The molecule has 0 bridgehead atoms. The van der Waals surface area contributed by atoms with Crippen molar-refractivity contribution in [3.05, 3.63) is 83.9 Å². The molecule has 3 aromatic carbocycles. The summed E-state index contributed by atoms with van der Waals surface area (Å²) >= 11 is 1.16. The highest BCUT2D eigenvalue weighted by Crippen LogP contribution is 2.35. The highest BCUT2D eigenvalue weighted by molar-refractivity contribution is 8.00. The SMILES string of the molecule is Cc1ccc2nc(-c3ccccc3)nc(SCC(=O)Nc3ccccc3C(F)(F)F)c2c1. The van der Waals surface area contributed by atoms with E-state index in [0.29, 0.717) is 10.9 Å². The number of fused-ring (bicyclic) bond motifs is 1. The number of amides is 1. The Labute approximate surface area is 186 Å². The van der Waals surface area contributed by atoms with Crippen LogP contribution in [0.2, 0.25) is 0 Å². The van der Waals surface area contributed by atoms with Gasteiger partial charge in [0.2, 0.25) is 5.91 Å². The van der Waals surface area contributed by atoms with Crippen LogP contribution in [0.15, 0.2) is 77.8 Å². The van der Waals surface area contributed by atoms with Crippen LogP contribution >= 0.6 is 11.8 Å². The fourth-order valence-electron chi connectivity index (χ4n) is 3.20. The maximum absolute atomic E-state index is 13.2. The molecule has 1 aromatic heterocycles. The van der Waals surface area contributed by atoms with Gasteiger partial charge >= 0.3 is 6.18 Å². The van der Waals surface area contributed by atoms with E-state index < -0.39 is 17.6 Å². The van der Waals surface area contributed by atoms with Gasteiger partial charge in [-0.15, -0.1) is 0 Å². The molecule has 162 valence electrons. The third-order valence-electron chi connectivity index (χ3n) is 4.69. The van der Waals surface area contributed by atoms with Crippen molar-refractivity contribution >= 4 is 34.3 Å². The van der Waals surface area contributed by atoms with E-state index in [1.165, 1.54) is 18.2 Å². The lowest BCUT2D eigenvalue weighted by molar-refractivity contribution is -0.137. The number of hydrogen-bond acceptors (Lipinski definition) is 4. The van der Waals surface area contributed by atoms with Gasteiger partial charge in [0.05, 0.1) is 22.5 Å². The van der Waals surface area contributed by atoms with Crippen molar-refractivity contribution < 1.29 is 18.0 Å². The van der Waals surface area contributed by atoms with E-state index in [0.717, 1.165) is 39.9 Å². The van der Waals surface area contributed by atoms with Gasteiger partial charge in [0.1, 0.15) is 5.03 Å². The molecular formula is C24H18F3N3OS. The van der Waals surface area contributed by atoms with Gasteiger partial charge in [-0.25, -0.2) is 9.97 Å². The van der Waals surface area contributed by atoms with Gasteiger partial charge in [-0.2, -0.15) is 13.2 Å². The van der Waals surface area contributed by atoms with Gasteiger partial charge in [-0.1, -0.05) is 65.9 Å². The van der Waals surface area contributed by atoms with E-state index in [1.54, 1.807) is 0 Å². The third kappa shape index (κ3) is 4.91. The number of hydrogen-bond donors (Lipinski definition) is 1. The van der Waals surface area contributed by atoms with E-state index in [2.05, 4.69) is 15.3 Å². The molecule has 8 heteroatoms. The average molecular weight is 453 g/mol. The zero-order valence-electron chi connectivity index (χ0n) is 17.0. The number of aryl methyl sites for hydroxylation is 1. The second-order valence-corrected chi connectivity index (χ2v) is 8.08. The molecule has 0 aliphatic rings. The molecule has 0 saturated carbocycles. The van der Waals surface area contributed by atoms with Crippen LogP contribution in [0.25, 0.3) is 22.3 Å². The Bertz CT molecular complexity index is 1280. The molecule has 4 aromatic rings. The summed E-state index contributed by atoms with van der Waals surface area (Å²) in [6.07, 6.45) is -4.55. The smallest absolute Gasteiger partial charge is 0.325 e. The standard InChI is InChI=1S/C24H18F3N3OS/c1-15-11-12-19-17(13-15)23(30-22(29-19)16-7-3-2-4-8-16)32-14-21(31)28-20-10-6-5-9-18(20)24(25,26)27/h2-13H,14H2,1H3,(H,28,31). The molecule has 1 heterocycles. The van der Waals surface area contributed by atoms with E-state index in [4.69, 9.17) is 0 Å². The molecule has 0 atom stereocenters. The van der Waals surface area contributed by atoms with Crippen LogP contribution in [-0.4, -0.2) is 21.6 Å². The zero-order valence-corrected chi connectivity index (χ0v) is 17.8. The first-order chi connectivity index (χ1) is 15.3. The fourth-order valence-corrected chi connectivity index (χ4v) is 4.01. The lowest BCUT2D eigenvalue weighted by Gasteiger charge is -2.13. The Kier molecular flexibility index (Phi) is 6.14. The molecule has 0 fully saturated rings. The number of benzene rings is 3. The number of halogens is 3. The second kappa shape index (κ2) is 9.00. The molecule has 0 spiro atoms. The summed E-state index contributed by atoms with van der Waals surface area (Å²) in [6, 6.07) is 20.1.